The predicted octanol–water partition coefficient (Wildman–Crippen LogP) is 0.671. The molecule has 0 bridgehead atoms. The summed E-state index contributed by atoms with van der Waals surface area (Å²) in [4.78, 5) is 17.2. The monoisotopic (exact) mass is 211 g/mol. The zero-order chi connectivity index (χ0) is 9.97. The summed E-state index contributed by atoms with van der Waals surface area (Å²) in [5.41, 5.74) is 0. The van der Waals surface area contributed by atoms with Gasteiger partial charge in [-0.05, 0) is 12.1 Å². The molecule has 4 nitrogen and oxygen atoms in total. The Balaban J connectivity index is 2.14. The third kappa shape index (κ3) is 1.96. The molecule has 1 amide bonds. The number of nitrogens with one attached hydrogen (secondary N) is 1. The molecule has 0 spiro atoms. The maximum Gasteiger partial charge on any atom is 0.239 e. The van der Waals surface area contributed by atoms with Crippen LogP contribution in [0.5, 0.6) is 0 Å². The highest BCUT2D eigenvalue weighted by Gasteiger charge is 2.16. The van der Waals surface area contributed by atoms with E-state index in [0.29, 0.717) is 18.1 Å². The van der Waals surface area contributed by atoms with Gasteiger partial charge >= 0.3 is 0 Å². The Morgan fingerprint density at radius 2 is 2.36 bits per heavy atom. The second-order valence-electron chi connectivity index (χ2n) is 3.11. The Morgan fingerprint density at radius 3 is 3.00 bits per heavy atom. The SMILES string of the molecule is O=C1CN(c2ccc(Cl)cn2)CCN1. The van der Waals surface area contributed by atoms with Crippen molar-refractivity contribution >= 4 is 23.3 Å². The van der Waals surface area contributed by atoms with Crippen molar-refractivity contribution in [2.75, 3.05) is 24.5 Å². The van der Waals surface area contributed by atoms with Gasteiger partial charge in [-0.15, -0.1) is 0 Å². The van der Waals surface area contributed by atoms with Crippen LogP contribution < -0.4 is 10.2 Å². The molecule has 1 fully saturated rings. The van der Waals surface area contributed by atoms with Gasteiger partial charge in [-0.1, -0.05) is 11.6 Å². The van der Waals surface area contributed by atoms with E-state index in [9.17, 15) is 4.79 Å². The molecule has 0 saturated carbocycles. The van der Waals surface area contributed by atoms with Crippen molar-refractivity contribution in [2.45, 2.75) is 0 Å². The lowest BCUT2D eigenvalue weighted by atomic mass is 10.3. The number of amides is 1. The van der Waals surface area contributed by atoms with Crippen LogP contribution in [0.2, 0.25) is 5.02 Å². The molecule has 1 N–H and O–H groups in total. The molecular formula is C9H10ClN3O. The number of halogens is 1. The van der Waals surface area contributed by atoms with Crippen molar-refractivity contribution in [3.8, 4) is 0 Å². The highest BCUT2D eigenvalue weighted by molar-refractivity contribution is 6.30. The lowest BCUT2D eigenvalue weighted by Gasteiger charge is -2.27. The minimum absolute atomic E-state index is 0.0352. The summed E-state index contributed by atoms with van der Waals surface area (Å²) in [7, 11) is 0. The number of aromatic nitrogens is 1. The van der Waals surface area contributed by atoms with Crippen molar-refractivity contribution in [3.63, 3.8) is 0 Å². The molecule has 2 rings (SSSR count). The number of rotatable bonds is 1. The smallest absolute Gasteiger partial charge is 0.239 e. The van der Waals surface area contributed by atoms with Gasteiger partial charge in [-0.3, -0.25) is 4.79 Å². The van der Waals surface area contributed by atoms with Crippen LogP contribution in [0.4, 0.5) is 5.82 Å². The molecule has 2 heterocycles. The predicted molar refractivity (Wildman–Crippen MR) is 54.5 cm³/mol. The van der Waals surface area contributed by atoms with Gasteiger partial charge in [0.1, 0.15) is 5.82 Å². The molecule has 1 aliphatic rings. The van der Waals surface area contributed by atoms with Gasteiger partial charge in [0.2, 0.25) is 5.91 Å². The van der Waals surface area contributed by atoms with E-state index < -0.39 is 0 Å². The number of pyridine rings is 1. The second kappa shape index (κ2) is 3.84. The average molecular weight is 212 g/mol. The largest absolute Gasteiger partial charge is 0.353 e. The third-order valence-corrected chi connectivity index (χ3v) is 2.30. The van der Waals surface area contributed by atoms with Gasteiger partial charge in [0.15, 0.2) is 0 Å². The summed E-state index contributed by atoms with van der Waals surface area (Å²) in [6.45, 7) is 1.83. The molecule has 0 unspecified atom stereocenters. The fraction of sp³-hybridized carbons (Fsp3) is 0.333. The summed E-state index contributed by atoms with van der Waals surface area (Å²) in [5, 5.41) is 3.37. The first kappa shape index (κ1) is 9.27. The maximum atomic E-state index is 11.1. The Labute approximate surface area is 86.9 Å². The van der Waals surface area contributed by atoms with Gasteiger partial charge in [-0.2, -0.15) is 0 Å². The molecule has 1 aromatic heterocycles. The van der Waals surface area contributed by atoms with Crippen LogP contribution in [-0.4, -0.2) is 30.5 Å². The summed E-state index contributed by atoms with van der Waals surface area (Å²) < 4.78 is 0. The number of carbonyl (C=O) groups is 1. The first-order valence-corrected chi connectivity index (χ1v) is 4.77. The molecule has 0 atom stereocenters. The quantitative estimate of drug-likeness (QED) is 0.743. The molecule has 5 heteroatoms. The van der Waals surface area contributed by atoms with Crippen molar-refractivity contribution < 1.29 is 4.79 Å². The van der Waals surface area contributed by atoms with E-state index in [4.69, 9.17) is 11.6 Å². The summed E-state index contributed by atoms with van der Waals surface area (Å²) in [6, 6.07) is 3.59. The van der Waals surface area contributed by atoms with E-state index in [0.717, 1.165) is 12.4 Å². The van der Waals surface area contributed by atoms with E-state index >= 15 is 0 Å². The number of anilines is 1. The Morgan fingerprint density at radius 1 is 1.50 bits per heavy atom. The van der Waals surface area contributed by atoms with Gasteiger partial charge in [0, 0.05) is 19.3 Å². The molecule has 0 aliphatic carbocycles. The Kier molecular flexibility index (Phi) is 2.54. The van der Waals surface area contributed by atoms with Crippen LogP contribution in [0.3, 0.4) is 0 Å². The number of nitrogens with zero attached hydrogens (tertiary/aromatic N) is 2. The van der Waals surface area contributed by atoms with Crippen molar-refractivity contribution in [1.29, 1.82) is 0 Å². The van der Waals surface area contributed by atoms with Gasteiger partial charge in [-0.25, -0.2) is 4.98 Å². The van der Waals surface area contributed by atoms with Crippen LogP contribution in [0.15, 0.2) is 18.3 Å². The first-order chi connectivity index (χ1) is 6.75. The lowest BCUT2D eigenvalue weighted by molar-refractivity contribution is -0.120. The first-order valence-electron chi connectivity index (χ1n) is 4.39. The Hall–Kier alpha value is -1.29. The molecule has 1 aliphatic heterocycles. The van der Waals surface area contributed by atoms with E-state index in [2.05, 4.69) is 10.3 Å². The molecule has 0 radical (unpaired) electrons. The van der Waals surface area contributed by atoms with Crippen molar-refractivity contribution in [3.05, 3.63) is 23.4 Å². The molecule has 1 aromatic rings. The van der Waals surface area contributed by atoms with E-state index in [-0.39, 0.29) is 5.91 Å². The number of piperazine rings is 1. The number of hydrogen-bond donors (Lipinski definition) is 1. The van der Waals surface area contributed by atoms with Crippen molar-refractivity contribution in [2.24, 2.45) is 0 Å². The third-order valence-electron chi connectivity index (χ3n) is 2.07. The average Bonchev–Trinajstić information content (AvgIpc) is 2.19. The van der Waals surface area contributed by atoms with Crippen LogP contribution >= 0.6 is 11.6 Å². The normalized spacial score (nSPS) is 16.6. The fourth-order valence-electron chi connectivity index (χ4n) is 1.39. The maximum absolute atomic E-state index is 11.1. The lowest BCUT2D eigenvalue weighted by Crippen LogP contribution is -2.47. The molecule has 0 aromatic carbocycles. The molecular weight excluding hydrogens is 202 g/mol. The topological polar surface area (TPSA) is 45.2 Å². The fourth-order valence-corrected chi connectivity index (χ4v) is 1.50. The molecule has 14 heavy (non-hydrogen) atoms. The minimum Gasteiger partial charge on any atom is -0.353 e. The summed E-state index contributed by atoms with van der Waals surface area (Å²) in [5.74, 6) is 0.831. The van der Waals surface area contributed by atoms with Crippen molar-refractivity contribution in [1.82, 2.24) is 10.3 Å². The summed E-state index contributed by atoms with van der Waals surface area (Å²) >= 11 is 5.72. The highest BCUT2D eigenvalue weighted by atomic mass is 35.5. The van der Waals surface area contributed by atoms with Crippen LogP contribution in [-0.2, 0) is 4.79 Å². The van der Waals surface area contributed by atoms with Crippen LogP contribution in [0.1, 0.15) is 0 Å². The number of carbonyl (C=O) groups excluding carboxylic acids is 1. The van der Waals surface area contributed by atoms with E-state index in [1.54, 1.807) is 12.3 Å². The van der Waals surface area contributed by atoms with Crippen LogP contribution in [0, 0.1) is 0 Å². The van der Waals surface area contributed by atoms with Gasteiger partial charge in [0.05, 0.1) is 11.6 Å². The minimum atomic E-state index is 0.0352. The molecule has 74 valence electrons. The number of hydrogen-bond acceptors (Lipinski definition) is 3. The molecule has 1 saturated heterocycles. The second-order valence-corrected chi connectivity index (χ2v) is 3.54. The zero-order valence-corrected chi connectivity index (χ0v) is 8.29. The highest BCUT2D eigenvalue weighted by Crippen LogP contribution is 2.14. The zero-order valence-electron chi connectivity index (χ0n) is 7.53. The van der Waals surface area contributed by atoms with Crippen LogP contribution in [0.25, 0.3) is 0 Å². The van der Waals surface area contributed by atoms with E-state index in [1.165, 1.54) is 0 Å². The van der Waals surface area contributed by atoms with E-state index in [1.807, 2.05) is 11.0 Å². The standard InChI is InChI=1S/C9H10ClN3O/c10-7-1-2-8(12-5-7)13-4-3-11-9(14)6-13/h1-2,5H,3-4,6H2,(H,11,14). The Bertz CT molecular complexity index is 338. The summed E-state index contributed by atoms with van der Waals surface area (Å²) in [6.07, 6.45) is 1.59. The van der Waals surface area contributed by atoms with Gasteiger partial charge < -0.3 is 10.2 Å². The van der Waals surface area contributed by atoms with Gasteiger partial charge in [0.25, 0.3) is 0 Å².